The molecule has 0 spiro atoms. The van der Waals surface area contributed by atoms with Crippen LogP contribution in [0.2, 0.25) is 0 Å². The number of esters is 1. The fourth-order valence-electron chi connectivity index (χ4n) is 0.984. The molecule has 13 heavy (non-hydrogen) atoms. The van der Waals surface area contributed by atoms with Crippen LogP contribution in [-0.2, 0) is 14.3 Å². The maximum absolute atomic E-state index is 11.2. The number of ether oxygens (including phenoxy) is 2. The number of rotatable bonds is 6. The first-order chi connectivity index (χ1) is 6.04. The van der Waals surface area contributed by atoms with Crippen molar-refractivity contribution in [1.29, 1.82) is 0 Å². The van der Waals surface area contributed by atoms with Gasteiger partial charge < -0.3 is 9.47 Å². The fourth-order valence-corrected chi connectivity index (χ4v) is 0.984. The number of hydrogen-bond donors (Lipinski definition) is 0. The largest absolute Gasteiger partial charge is 0.467 e. The van der Waals surface area contributed by atoms with E-state index in [-0.39, 0.29) is 5.97 Å². The van der Waals surface area contributed by atoms with Crippen LogP contribution in [0, 0.1) is 0 Å². The third kappa shape index (κ3) is 4.88. The maximum atomic E-state index is 11.2. The quantitative estimate of drug-likeness (QED) is 0.473. The van der Waals surface area contributed by atoms with Gasteiger partial charge in [-0.2, -0.15) is 0 Å². The summed E-state index contributed by atoms with van der Waals surface area (Å²) in [5.74, 6) is -0.316. The number of carbonyl (C=O) groups excluding carboxylic acids is 1. The lowest BCUT2D eigenvalue weighted by molar-refractivity contribution is -0.165. The molecule has 0 fully saturated rings. The SMILES string of the molecule is CCCCCOC(C)(C)C(=O)OC. The first-order valence-corrected chi connectivity index (χ1v) is 4.77. The Morgan fingerprint density at radius 2 is 1.92 bits per heavy atom. The Bertz CT molecular complexity index is 152. The van der Waals surface area contributed by atoms with Gasteiger partial charge >= 0.3 is 5.97 Å². The minimum Gasteiger partial charge on any atom is -0.467 e. The van der Waals surface area contributed by atoms with Gasteiger partial charge in [0.15, 0.2) is 5.60 Å². The monoisotopic (exact) mass is 188 g/mol. The van der Waals surface area contributed by atoms with E-state index in [1.165, 1.54) is 7.11 Å². The third-order valence-electron chi connectivity index (χ3n) is 1.89. The highest BCUT2D eigenvalue weighted by atomic mass is 16.6. The van der Waals surface area contributed by atoms with E-state index in [0.29, 0.717) is 6.61 Å². The highest BCUT2D eigenvalue weighted by Crippen LogP contribution is 2.12. The second kappa shape index (κ2) is 5.97. The molecular formula is C10H20O3. The molecule has 0 atom stereocenters. The van der Waals surface area contributed by atoms with Gasteiger partial charge in [-0.15, -0.1) is 0 Å². The first-order valence-electron chi connectivity index (χ1n) is 4.77. The van der Waals surface area contributed by atoms with Crippen molar-refractivity contribution in [3.05, 3.63) is 0 Å². The van der Waals surface area contributed by atoms with Gasteiger partial charge in [0.2, 0.25) is 0 Å². The van der Waals surface area contributed by atoms with Gasteiger partial charge in [0, 0.05) is 6.61 Å². The van der Waals surface area contributed by atoms with Crippen LogP contribution >= 0.6 is 0 Å². The highest BCUT2D eigenvalue weighted by Gasteiger charge is 2.28. The van der Waals surface area contributed by atoms with E-state index < -0.39 is 5.60 Å². The molecule has 0 aromatic rings. The molecule has 0 aliphatic rings. The second-order valence-electron chi connectivity index (χ2n) is 3.56. The van der Waals surface area contributed by atoms with Crippen LogP contribution in [0.15, 0.2) is 0 Å². The summed E-state index contributed by atoms with van der Waals surface area (Å²) >= 11 is 0. The molecule has 3 heteroatoms. The lowest BCUT2D eigenvalue weighted by atomic mass is 10.1. The van der Waals surface area contributed by atoms with E-state index in [1.54, 1.807) is 13.8 Å². The third-order valence-corrected chi connectivity index (χ3v) is 1.89. The second-order valence-corrected chi connectivity index (χ2v) is 3.56. The van der Waals surface area contributed by atoms with Crippen LogP contribution in [0.25, 0.3) is 0 Å². The Morgan fingerprint density at radius 1 is 1.31 bits per heavy atom. The molecule has 0 amide bonds. The average molecular weight is 188 g/mol. The summed E-state index contributed by atoms with van der Waals surface area (Å²) < 4.78 is 10.0. The molecule has 0 N–H and O–H groups in total. The average Bonchev–Trinajstić information content (AvgIpc) is 2.11. The smallest absolute Gasteiger partial charge is 0.337 e. The zero-order valence-electron chi connectivity index (χ0n) is 9.05. The van der Waals surface area contributed by atoms with Gasteiger partial charge in [-0.05, 0) is 20.3 Å². The highest BCUT2D eigenvalue weighted by molar-refractivity contribution is 5.78. The summed E-state index contributed by atoms with van der Waals surface area (Å²) in [5, 5.41) is 0. The molecule has 0 saturated carbocycles. The van der Waals surface area contributed by atoms with Crippen molar-refractivity contribution in [1.82, 2.24) is 0 Å². The number of hydrogen-bond acceptors (Lipinski definition) is 3. The van der Waals surface area contributed by atoms with Crippen molar-refractivity contribution in [2.24, 2.45) is 0 Å². The lowest BCUT2D eigenvalue weighted by Crippen LogP contribution is -2.36. The Hall–Kier alpha value is -0.570. The number of unbranched alkanes of at least 4 members (excludes halogenated alkanes) is 2. The summed E-state index contributed by atoms with van der Waals surface area (Å²) in [6.45, 7) is 6.21. The van der Waals surface area contributed by atoms with Crippen LogP contribution in [0.1, 0.15) is 40.0 Å². The topological polar surface area (TPSA) is 35.5 Å². The molecule has 0 aromatic carbocycles. The summed E-state index contributed by atoms with van der Waals surface area (Å²) in [4.78, 5) is 11.2. The molecule has 0 rings (SSSR count). The molecule has 0 aliphatic carbocycles. The van der Waals surface area contributed by atoms with Crippen molar-refractivity contribution < 1.29 is 14.3 Å². The maximum Gasteiger partial charge on any atom is 0.337 e. The van der Waals surface area contributed by atoms with E-state index in [4.69, 9.17) is 4.74 Å². The van der Waals surface area contributed by atoms with Crippen molar-refractivity contribution >= 4 is 5.97 Å². The number of methoxy groups -OCH3 is 1. The predicted molar refractivity (Wildman–Crippen MR) is 51.6 cm³/mol. The van der Waals surface area contributed by atoms with E-state index in [0.717, 1.165) is 19.3 Å². The molecule has 0 radical (unpaired) electrons. The lowest BCUT2D eigenvalue weighted by Gasteiger charge is -2.21. The van der Waals surface area contributed by atoms with Crippen LogP contribution in [-0.4, -0.2) is 25.3 Å². The van der Waals surface area contributed by atoms with Gasteiger partial charge in [0.25, 0.3) is 0 Å². The summed E-state index contributed by atoms with van der Waals surface area (Å²) in [7, 11) is 1.37. The predicted octanol–water partition coefficient (Wildman–Crippen LogP) is 2.14. The molecule has 0 saturated heterocycles. The molecule has 0 aromatic heterocycles. The van der Waals surface area contributed by atoms with Gasteiger partial charge in [0.1, 0.15) is 0 Å². The number of carbonyl (C=O) groups is 1. The van der Waals surface area contributed by atoms with Crippen LogP contribution in [0.3, 0.4) is 0 Å². The van der Waals surface area contributed by atoms with Gasteiger partial charge in [-0.1, -0.05) is 19.8 Å². The molecule has 0 bridgehead atoms. The van der Waals surface area contributed by atoms with Gasteiger partial charge in [-0.3, -0.25) is 0 Å². The zero-order valence-corrected chi connectivity index (χ0v) is 9.05. The Morgan fingerprint density at radius 3 is 2.38 bits per heavy atom. The minimum absolute atomic E-state index is 0.316. The Labute approximate surface area is 80.4 Å². The van der Waals surface area contributed by atoms with Gasteiger partial charge in [-0.25, -0.2) is 4.79 Å². The van der Waals surface area contributed by atoms with E-state index >= 15 is 0 Å². The van der Waals surface area contributed by atoms with E-state index in [9.17, 15) is 4.79 Å². The standard InChI is InChI=1S/C10H20O3/c1-5-6-7-8-13-10(2,3)9(11)12-4/h5-8H2,1-4H3. The van der Waals surface area contributed by atoms with Crippen molar-refractivity contribution in [2.45, 2.75) is 45.6 Å². The normalized spacial score (nSPS) is 11.4. The molecule has 0 aliphatic heterocycles. The summed E-state index contributed by atoms with van der Waals surface area (Å²) in [6.07, 6.45) is 3.29. The molecule has 0 unspecified atom stereocenters. The van der Waals surface area contributed by atoms with E-state index in [1.807, 2.05) is 0 Å². The molecular weight excluding hydrogens is 168 g/mol. The Balaban J connectivity index is 3.69. The van der Waals surface area contributed by atoms with E-state index in [2.05, 4.69) is 11.7 Å². The van der Waals surface area contributed by atoms with Crippen LogP contribution in [0.5, 0.6) is 0 Å². The van der Waals surface area contributed by atoms with Crippen molar-refractivity contribution in [3.8, 4) is 0 Å². The molecule has 3 nitrogen and oxygen atoms in total. The zero-order chi connectivity index (χ0) is 10.3. The minimum atomic E-state index is -0.803. The van der Waals surface area contributed by atoms with Crippen molar-refractivity contribution in [3.63, 3.8) is 0 Å². The van der Waals surface area contributed by atoms with Crippen LogP contribution < -0.4 is 0 Å². The fraction of sp³-hybridized carbons (Fsp3) is 0.900. The molecule has 78 valence electrons. The van der Waals surface area contributed by atoms with Crippen LogP contribution in [0.4, 0.5) is 0 Å². The van der Waals surface area contributed by atoms with Crippen molar-refractivity contribution in [2.75, 3.05) is 13.7 Å². The molecule has 0 heterocycles. The summed E-state index contributed by atoms with van der Waals surface area (Å²) in [5.41, 5.74) is -0.803. The van der Waals surface area contributed by atoms with Gasteiger partial charge in [0.05, 0.1) is 7.11 Å². The summed E-state index contributed by atoms with van der Waals surface area (Å²) in [6, 6.07) is 0. The first kappa shape index (κ1) is 12.4. The Kier molecular flexibility index (Phi) is 5.71.